The van der Waals surface area contributed by atoms with E-state index in [1.807, 2.05) is 23.4 Å². The molecular weight excluding hydrogens is 402 g/mol. The summed E-state index contributed by atoms with van der Waals surface area (Å²) in [6, 6.07) is 4.38. The van der Waals surface area contributed by atoms with Crippen LogP contribution in [0.15, 0.2) is 35.8 Å². The summed E-state index contributed by atoms with van der Waals surface area (Å²) in [6.07, 6.45) is 13.3. The van der Waals surface area contributed by atoms with Gasteiger partial charge in [0.05, 0.1) is 35.6 Å². The lowest BCUT2D eigenvalue weighted by atomic mass is 9.91. The third-order valence-electron chi connectivity index (χ3n) is 6.92. The molecule has 0 spiro atoms. The van der Waals surface area contributed by atoms with Crippen LogP contribution >= 0.6 is 0 Å². The van der Waals surface area contributed by atoms with Crippen LogP contribution in [-0.2, 0) is 17.6 Å². The number of carbonyl (C=O) groups is 1. The molecule has 2 atom stereocenters. The number of piperidine rings is 1. The number of carbonyl (C=O) groups excluding carboxylic acids is 1. The molecule has 2 aromatic rings. The van der Waals surface area contributed by atoms with Gasteiger partial charge in [0.15, 0.2) is 0 Å². The van der Waals surface area contributed by atoms with Crippen molar-refractivity contribution in [1.82, 2.24) is 30.5 Å². The fourth-order valence-corrected chi connectivity index (χ4v) is 5.20. The molecule has 1 aliphatic carbocycles. The molecule has 8 nitrogen and oxygen atoms in total. The van der Waals surface area contributed by atoms with Crippen LogP contribution in [0.1, 0.15) is 61.5 Å². The second-order valence-electron chi connectivity index (χ2n) is 9.15. The van der Waals surface area contributed by atoms with E-state index < -0.39 is 0 Å². The average molecular weight is 436 g/mol. The standard InChI is InChI=1S/C24H33N7O/c32-24(31-12-8-18(9-13-31)29-22-7-3-10-26-22)21(14-19-15-25-16-28-19)30-20-6-1-4-17-5-2-11-27-23(17)20/h2,5,11,15-16,18,20-21,30H,1,3-4,6-10,12-14H2,(H,25,28)(H,26,29). The summed E-state index contributed by atoms with van der Waals surface area (Å²) < 4.78 is 0. The lowest BCUT2D eigenvalue weighted by Crippen LogP contribution is -2.53. The molecule has 5 rings (SSSR count). The molecule has 3 aliphatic rings. The first-order valence-electron chi connectivity index (χ1n) is 12.0. The van der Waals surface area contributed by atoms with Gasteiger partial charge in [0.1, 0.15) is 0 Å². The molecule has 1 fully saturated rings. The lowest BCUT2D eigenvalue weighted by molar-refractivity contribution is -0.134. The normalized spacial score (nSPS) is 22.3. The number of pyridine rings is 1. The molecule has 2 aromatic heterocycles. The monoisotopic (exact) mass is 435 g/mol. The van der Waals surface area contributed by atoms with Crippen LogP contribution in [0.4, 0.5) is 0 Å². The Labute approximate surface area is 189 Å². The molecule has 2 unspecified atom stereocenters. The molecule has 32 heavy (non-hydrogen) atoms. The summed E-state index contributed by atoms with van der Waals surface area (Å²) in [5.74, 6) is 1.32. The molecule has 0 bridgehead atoms. The number of amides is 1. The van der Waals surface area contributed by atoms with Crippen LogP contribution in [-0.4, -0.2) is 63.3 Å². The van der Waals surface area contributed by atoms with Gasteiger partial charge in [-0.25, -0.2) is 4.98 Å². The SMILES string of the molecule is O=C(C(Cc1c[nH]cn1)NC1CCCc2cccnc21)N1CCC(NC2=NCCC2)CC1. The predicted octanol–water partition coefficient (Wildman–Crippen LogP) is 2.16. The summed E-state index contributed by atoms with van der Waals surface area (Å²) in [5, 5.41) is 7.27. The number of aromatic amines is 1. The van der Waals surface area contributed by atoms with Crippen LogP contribution in [0.25, 0.3) is 0 Å². The van der Waals surface area contributed by atoms with Gasteiger partial charge in [-0.05, 0) is 50.2 Å². The Bertz CT molecular complexity index is 934. The molecule has 170 valence electrons. The van der Waals surface area contributed by atoms with Gasteiger partial charge in [-0.3, -0.25) is 20.1 Å². The van der Waals surface area contributed by atoms with E-state index in [9.17, 15) is 4.79 Å². The number of aromatic nitrogens is 3. The minimum atomic E-state index is -0.306. The zero-order valence-corrected chi connectivity index (χ0v) is 18.6. The maximum absolute atomic E-state index is 13.6. The third-order valence-corrected chi connectivity index (χ3v) is 6.92. The Morgan fingerprint density at radius 1 is 1.19 bits per heavy atom. The van der Waals surface area contributed by atoms with E-state index in [2.05, 4.69) is 36.6 Å². The van der Waals surface area contributed by atoms with E-state index in [1.165, 1.54) is 5.56 Å². The van der Waals surface area contributed by atoms with Crippen molar-refractivity contribution in [3.63, 3.8) is 0 Å². The van der Waals surface area contributed by atoms with Crippen molar-refractivity contribution in [1.29, 1.82) is 0 Å². The Morgan fingerprint density at radius 3 is 2.88 bits per heavy atom. The predicted molar refractivity (Wildman–Crippen MR) is 123 cm³/mol. The van der Waals surface area contributed by atoms with Crippen LogP contribution < -0.4 is 10.6 Å². The quantitative estimate of drug-likeness (QED) is 0.646. The Hall–Kier alpha value is -2.74. The summed E-state index contributed by atoms with van der Waals surface area (Å²) in [7, 11) is 0. The largest absolute Gasteiger partial charge is 0.371 e. The number of amidine groups is 1. The van der Waals surface area contributed by atoms with Crippen LogP contribution in [0.2, 0.25) is 0 Å². The Morgan fingerprint density at radius 2 is 2.09 bits per heavy atom. The number of rotatable bonds is 6. The van der Waals surface area contributed by atoms with E-state index in [1.54, 1.807) is 6.33 Å². The lowest BCUT2D eigenvalue weighted by Gasteiger charge is -2.36. The van der Waals surface area contributed by atoms with Crippen molar-refractivity contribution in [2.75, 3.05) is 19.6 Å². The molecule has 1 amide bonds. The molecular formula is C24H33N7O. The Balaban J connectivity index is 1.25. The molecule has 4 heterocycles. The highest BCUT2D eigenvalue weighted by atomic mass is 16.2. The van der Waals surface area contributed by atoms with Crippen molar-refractivity contribution < 1.29 is 4.79 Å². The minimum absolute atomic E-state index is 0.104. The van der Waals surface area contributed by atoms with Gasteiger partial charge >= 0.3 is 0 Å². The van der Waals surface area contributed by atoms with E-state index in [0.29, 0.717) is 12.5 Å². The van der Waals surface area contributed by atoms with Crippen molar-refractivity contribution in [2.24, 2.45) is 4.99 Å². The third kappa shape index (κ3) is 4.85. The number of fused-ring (bicyclic) bond motifs is 1. The van der Waals surface area contributed by atoms with E-state index >= 15 is 0 Å². The molecule has 1 saturated heterocycles. The van der Waals surface area contributed by atoms with Gasteiger partial charge in [0, 0.05) is 50.9 Å². The molecule has 8 heteroatoms. The number of likely N-dealkylation sites (tertiary alicyclic amines) is 1. The van der Waals surface area contributed by atoms with Crippen LogP contribution in [0.3, 0.4) is 0 Å². The molecule has 3 N–H and O–H groups in total. The Kier molecular flexibility index (Phi) is 6.48. The topological polar surface area (TPSA) is 98.3 Å². The summed E-state index contributed by atoms with van der Waals surface area (Å²) in [6.45, 7) is 2.50. The number of nitrogens with one attached hydrogen (secondary N) is 3. The summed E-state index contributed by atoms with van der Waals surface area (Å²) in [5.41, 5.74) is 3.30. The second-order valence-corrected chi connectivity index (χ2v) is 9.15. The fourth-order valence-electron chi connectivity index (χ4n) is 5.20. The van der Waals surface area contributed by atoms with Crippen LogP contribution in [0, 0.1) is 0 Å². The van der Waals surface area contributed by atoms with Gasteiger partial charge in [-0.2, -0.15) is 0 Å². The van der Waals surface area contributed by atoms with Gasteiger partial charge in [-0.1, -0.05) is 6.07 Å². The number of aliphatic imine (C=N–C) groups is 1. The highest BCUT2D eigenvalue weighted by molar-refractivity contribution is 5.84. The summed E-state index contributed by atoms with van der Waals surface area (Å²) >= 11 is 0. The first-order chi connectivity index (χ1) is 15.8. The molecule has 0 aromatic carbocycles. The zero-order chi connectivity index (χ0) is 21.8. The van der Waals surface area contributed by atoms with E-state index in [0.717, 1.165) is 81.8 Å². The number of hydrogen-bond donors (Lipinski definition) is 3. The van der Waals surface area contributed by atoms with Crippen LogP contribution in [0.5, 0.6) is 0 Å². The first-order valence-corrected chi connectivity index (χ1v) is 12.0. The number of aryl methyl sites for hydroxylation is 1. The molecule has 0 saturated carbocycles. The van der Waals surface area contributed by atoms with Crippen molar-refractivity contribution in [3.05, 3.63) is 47.8 Å². The summed E-state index contributed by atoms with van der Waals surface area (Å²) in [4.78, 5) is 32.2. The molecule has 2 aliphatic heterocycles. The van der Waals surface area contributed by atoms with Crippen molar-refractivity contribution in [3.8, 4) is 0 Å². The average Bonchev–Trinajstić information content (AvgIpc) is 3.53. The van der Waals surface area contributed by atoms with Crippen molar-refractivity contribution in [2.45, 2.75) is 69.5 Å². The second kappa shape index (κ2) is 9.81. The van der Waals surface area contributed by atoms with Gasteiger partial charge in [0.2, 0.25) is 5.91 Å². The first kappa shape index (κ1) is 21.1. The van der Waals surface area contributed by atoms with E-state index in [-0.39, 0.29) is 18.0 Å². The maximum Gasteiger partial charge on any atom is 0.240 e. The van der Waals surface area contributed by atoms with Gasteiger partial charge in [-0.15, -0.1) is 0 Å². The van der Waals surface area contributed by atoms with E-state index in [4.69, 9.17) is 0 Å². The highest BCUT2D eigenvalue weighted by Crippen LogP contribution is 2.28. The van der Waals surface area contributed by atoms with Gasteiger partial charge in [0.25, 0.3) is 0 Å². The zero-order valence-electron chi connectivity index (χ0n) is 18.6. The highest BCUT2D eigenvalue weighted by Gasteiger charge is 2.32. The van der Waals surface area contributed by atoms with Crippen molar-refractivity contribution >= 4 is 11.7 Å². The maximum atomic E-state index is 13.6. The number of hydrogen-bond acceptors (Lipinski definition) is 6. The smallest absolute Gasteiger partial charge is 0.240 e. The molecule has 0 radical (unpaired) electrons. The fraction of sp³-hybridized carbons (Fsp3) is 0.583. The minimum Gasteiger partial charge on any atom is -0.371 e. The number of nitrogens with zero attached hydrogens (tertiary/aromatic N) is 4. The number of H-pyrrole nitrogens is 1. The van der Waals surface area contributed by atoms with Gasteiger partial charge < -0.3 is 15.2 Å². The number of imidazole rings is 1.